The average molecular weight is 527 g/mol. The predicted molar refractivity (Wildman–Crippen MR) is 140 cm³/mol. The minimum Gasteiger partial charge on any atom is -0.493 e. The second-order valence-electron chi connectivity index (χ2n) is 9.57. The van der Waals surface area contributed by atoms with Crippen molar-refractivity contribution in [3.05, 3.63) is 63.8 Å². The first-order chi connectivity index (χ1) is 17.6. The molecule has 5 rings (SSSR count). The summed E-state index contributed by atoms with van der Waals surface area (Å²) in [5.74, 6) is 0.418. The molecule has 0 aliphatic carbocycles. The predicted octanol–water partition coefficient (Wildman–Crippen LogP) is 1.40. The molecule has 0 radical (unpaired) electrons. The number of aromatic nitrogens is 3. The molecule has 11 nitrogen and oxygen atoms in total. The number of amides is 1. The molecule has 2 aliphatic rings. The standard InChI is InChI=1S/C25H30N6O5S/c1-17-13-18(2)23(26-15-17)28-8-10-29(11-9-28)24(33)20-6-5-19(31-7-4-12-37(31,35)36)14-21(20)30-16-22(32)27(3)25(30)34/h5-6,13-16,32H,4,7-12H2,1-3H3. The van der Waals surface area contributed by atoms with E-state index < -0.39 is 15.7 Å². The molecule has 12 heteroatoms. The summed E-state index contributed by atoms with van der Waals surface area (Å²) in [6, 6.07) is 6.78. The van der Waals surface area contributed by atoms with Crippen LogP contribution in [0, 0.1) is 13.8 Å². The largest absolute Gasteiger partial charge is 0.493 e. The minimum absolute atomic E-state index is 0.0503. The van der Waals surface area contributed by atoms with Crippen LogP contribution in [0.5, 0.6) is 5.88 Å². The van der Waals surface area contributed by atoms with Crippen LogP contribution in [0.3, 0.4) is 0 Å². The number of piperazine rings is 1. The normalized spacial score (nSPS) is 17.4. The van der Waals surface area contributed by atoms with Crippen molar-refractivity contribution < 1.29 is 18.3 Å². The maximum absolute atomic E-state index is 13.7. The number of carbonyl (C=O) groups excluding carboxylic acids is 1. The molecule has 2 fully saturated rings. The molecule has 0 saturated carbocycles. The monoisotopic (exact) mass is 526 g/mol. The van der Waals surface area contributed by atoms with Gasteiger partial charge in [-0.2, -0.15) is 0 Å². The molecule has 1 amide bonds. The molecule has 37 heavy (non-hydrogen) atoms. The van der Waals surface area contributed by atoms with Gasteiger partial charge in [-0.25, -0.2) is 18.2 Å². The third-order valence-electron chi connectivity index (χ3n) is 6.99. The van der Waals surface area contributed by atoms with E-state index >= 15 is 0 Å². The Balaban J connectivity index is 1.47. The molecule has 2 saturated heterocycles. The number of aromatic hydroxyl groups is 1. The summed E-state index contributed by atoms with van der Waals surface area (Å²) in [5.41, 5.74) is 2.49. The van der Waals surface area contributed by atoms with Gasteiger partial charge in [0.2, 0.25) is 15.9 Å². The number of rotatable bonds is 4. The Morgan fingerprint density at radius 3 is 2.38 bits per heavy atom. The van der Waals surface area contributed by atoms with Gasteiger partial charge in [0.1, 0.15) is 5.82 Å². The van der Waals surface area contributed by atoms with E-state index in [0.29, 0.717) is 44.8 Å². The molecule has 0 atom stereocenters. The van der Waals surface area contributed by atoms with Gasteiger partial charge in [-0.05, 0) is 49.6 Å². The number of sulfonamides is 1. The first-order valence-electron chi connectivity index (χ1n) is 12.2. The molecule has 3 aromatic rings. The van der Waals surface area contributed by atoms with Crippen molar-refractivity contribution in [1.82, 2.24) is 19.0 Å². The Hall–Kier alpha value is -3.80. The number of anilines is 2. The molecule has 0 spiro atoms. The third kappa shape index (κ3) is 4.45. The second-order valence-corrected chi connectivity index (χ2v) is 11.6. The van der Waals surface area contributed by atoms with Gasteiger partial charge in [0.05, 0.1) is 28.9 Å². The van der Waals surface area contributed by atoms with E-state index in [1.807, 2.05) is 20.0 Å². The molecule has 0 bridgehead atoms. The highest BCUT2D eigenvalue weighted by atomic mass is 32.2. The van der Waals surface area contributed by atoms with Crippen LogP contribution in [0.25, 0.3) is 5.69 Å². The SMILES string of the molecule is Cc1cnc(N2CCN(C(=O)c3ccc(N4CCCS4(=O)=O)cc3-n3cc(O)n(C)c3=O)CC2)c(C)c1. The van der Waals surface area contributed by atoms with Crippen LogP contribution < -0.4 is 14.9 Å². The van der Waals surface area contributed by atoms with E-state index in [1.54, 1.807) is 17.0 Å². The highest BCUT2D eigenvalue weighted by Crippen LogP contribution is 2.29. The van der Waals surface area contributed by atoms with Crippen LogP contribution in [0.1, 0.15) is 27.9 Å². The number of hydrogen-bond donors (Lipinski definition) is 1. The molecule has 1 aromatic carbocycles. The van der Waals surface area contributed by atoms with Gasteiger partial charge in [0.15, 0.2) is 0 Å². The second kappa shape index (κ2) is 9.25. The van der Waals surface area contributed by atoms with Crippen molar-refractivity contribution >= 4 is 27.4 Å². The van der Waals surface area contributed by atoms with E-state index in [-0.39, 0.29) is 28.8 Å². The van der Waals surface area contributed by atoms with Gasteiger partial charge >= 0.3 is 5.69 Å². The van der Waals surface area contributed by atoms with Crippen LogP contribution in [-0.2, 0) is 17.1 Å². The number of hydrogen-bond acceptors (Lipinski definition) is 7. The van der Waals surface area contributed by atoms with Crippen molar-refractivity contribution in [1.29, 1.82) is 0 Å². The Morgan fingerprint density at radius 1 is 1.05 bits per heavy atom. The van der Waals surface area contributed by atoms with Crippen molar-refractivity contribution in [3.8, 4) is 11.6 Å². The fourth-order valence-electron chi connectivity index (χ4n) is 5.01. The highest BCUT2D eigenvalue weighted by molar-refractivity contribution is 7.93. The highest BCUT2D eigenvalue weighted by Gasteiger charge is 2.31. The van der Waals surface area contributed by atoms with E-state index in [2.05, 4.69) is 16.0 Å². The van der Waals surface area contributed by atoms with Gasteiger partial charge in [-0.15, -0.1) is 0 Å². The van der Waals surface area contributed by atoms with Crippen LogP contribution in [0.4, 0.5) is 11.5 Å². The number of imidazole rings is 1. The van der Waals surface area contributed by atoms with Crippen molar-refractivity contribution in [2.75, 3.05) is 47.7 Å². The van der Waals surface area contributed by atoms with Crippen molar-refractivity contribution in [2.24, 2.45) is 7.05 Å². The zero-order chi connectivity index (χ0) is 26.5. The zero-order valence-corrected chi connectivity index (χ0v) is 21.9. The number of carbonyl (C=O) groups is 1. The Kier molecular flexibility index (Phi) is 6.22. The van der Waals surface area contributed by atoms with E-state index in [1.165, 1.54) is 28.2 Å². The maximum atomic E-state index is 13.7. The summed E-state index contributed by atoms with van der Waals surface area (Å²) in [4.78, 5) is 35.0. The summed E-state index contributed by atoms with van der Waals surface area (Å²) in [6.07, 6.45) is 3.58. The Labute approximate surface area is 215 Å². The molecule has 1 N–H and O–H groups in total. The fourth-order valence-corrected chi connectivity index (χ4v) is 6.56. The first-order valence-corrected chi connectivity index (χ1v) is 13.8. The van der Waals surface area contributed by atoms with Crippen molar-refractivity contribution in [3.63, 3.8) is 0 Å². The van der Waals surface area contributed by atoms with Gasteiger partial charge in [0, 0.05) is 46.0 Å². The van der Waals surface area contributed by atoms with E-state index in [0.717, 1.165) is 21.5 Å². The summed E-state index contributed by atoms with van der Waals surface area (Å²) < 4.78 is 28.6. The smallest absolute Gasteiger partial charge is 0.335 e. The lowest BCUT2D eigenvalue weighted by molar-refractivity contribution is 0.0746. The first kappa shape index (κ1) is 24.9. The maximum Gasteiger partial charge on any atom is 0.335 e. The number of aryl methyl sites for hydroxylation is 2. The van der Waals surface area contributed by atoms with Gasteiger partial charge in [0.25, 0.3) is 5.91 Å². The number of nitrogens with zero attached hydrogens (tertiary/aromatic N) is 6. The Morgan fingerprint density at radius 2 is 1.78 bits per heavy atom. The molecular weight excluding hydrogens is 496 g/mol. The lowest BCUT2D eigenvalue weighted by Gasteiger charge is -2.36. The Bertz CT molecular complexity index is 1540. The molecule has 0 unspecified atom stereocenters. The van der Waals surface area contributed by atoms with Gasteiger partial charge in [-0.1, -0.05) is 6.07 Å². The van der Waals surface area contributed by atoms with E-state index in [4.69, 9.17) is 0 Å². The zero-order valence-electron chi connectivity index (χ0n) is 21.1. The van der Waals surface area contributed by atoms with Gasteiger partial charge in [-0.3, -0.25) is 18.2 Å². The third-order valence-corrected chi connectivity index (χ3v) is 8.86. The molecular formula is C25H30N6O5S. The lowest BCUT2D eigenvalue weighted by Crippen LogP contribution is -2.49. The van der Waals surface area contributed by atoms with Crippen LogP contribution in [0.2, 0.25) is 0 Å². The average Bonchev–Trinajstić information content (AvgIpc) is 3.36. The van der Waals surface area contributed by atoms with E-state index in [9.17, 15) is 23.1 Å². The molecule has 4 heterocycles. The van der Waals surface area contributed by atoms with Gasteiger partial charge < -0.3 is 14.9 Å². The molecule has 196 valence electrons. The van der Waals surface area contributed by atoms with Crippen LogP contribution >= 0.6 is 0 Å². The summed E-state index contributed by atoms with van der Waals surface area (Å²) >= 11 is 0. The number of pyridine rings is 1. The number of benzene rings is 1. The fraction of sp³-hybridized carbons (Fsp3) is 0.400. The summed E-state index contributed by atoms with van der Waals surface area (Å²) in [7, 11) is -2.04. The quantitative estimate of drug-likeness (QED) is 0.545. The summed E-state index contributed by atoms with van der Waals surface area (Å²) in [6.45, 7) is 6.49. The van der Waals surface area contributed by atoms with Crippen molar-refractivity contribution in [2.45, 2.75) is 20.3 Å². The molecule has 2 aliphatic heterocycles. The lowest BCUT2D eigenvalue weighted by atomic mass is 10.1. The van der Waals surface area contributed by atoms with Crippen LogP contribution in [-0.4, -0.2) is 76.9 Å². The summed E-state index contributed by atoms with van der Waals surface area (Å²) in [5, 5.41) is 10.1. The molecule has 2 aromatic heterocycles. The topological polar surface area (TPSA) is 121 Å². The van der Waals surface area contributed by atoms with Crippen LogP contribution in [0.15, 0.2) is 41.5 Å². The minimum atomic E-state index is -3.46.